The average Bonchev–Trinajstić information content (AvgIpc) is 2.35. The van der Waals surface area contributed by atoms with Gasteiger partial charge < -0.3 is 4.74 Å². The molecule has 0 aromatic heterocycles. The van der Waals surface area contributed by atoms with E-state index >= 15 is 0 Å². The number of methoxy groups -OCH3 is 1. The number of nitrogens with zero attached hydrogens (tertiary/aromatic N) is 1. The minimum atomic E-state index is -0.919. The number of ether oxygens (including phenoxy) is 1. The van der Waals surface area contributed by atoms with Crippen molar-refractivity contribution in [3.63, 3.8) is 0 Å². The molecule has 1 saturated carbocycles. The van der Waals surface area contributed by atoms with Gasteiger partial charge in [-0.05, 0) is 39.0 Å². The minimum Gasteiger partial charge on any atom is -0.468 e. The third-order valence-electron chi connectivity index (χ3n) is 4.05. The van der Waals surface area contributed by atoms with Gasteiger partial charge in [0.15, 0.2) is 5.78 Å². The largest absolute Gasteiger partial charge is 0.468 e. The molecule has 0 bridgehead atoms. The number of esters is 1. The highest BCUT2D eigenvalue weighted by Gasteiger charge is 2.52. The summed E-state index contributed by atoms with van der Waals surface area (Å²) in [5.74, 6) is -2.91. The van der Waals surface area contributed by atoms with Gasteiger partial charge >= 0.3 is 5.97 Å². The maximum Gasteiger partial charge on any atom is 0.316 e. The third-order valence-corrected chi connectivity index (χ3v) is 4.05. The average molecular weight is 323 g/mol. The Kier molecular flexibility index (Phi) is 5.89. The van der Waals surface area contributed by atoms with Crippen LogP contribution in [0.25, 0.3) is 0 Å². The second-order valence-electron chi connectivity index (χ2n) is 7.95. The van der Waals surface area contributed by atoms with Crippen molar-refractivity contribution in [2.75, 3.05) is 7.11 Å². The molecule has 1 aliphatic carbocycles. The molecule has 0 heterocycles. The van der Waals surface area contributed by atoms with Crippen molar-refractivity contribution in [3.05, 3.63) is 0 Å². The molecule has 0 unspecified atom stereocenters. The number of Topliss-reactive ketones (excluding diaryl/α,β-unsaturated/α-hetero) is 2. The molecule has 23 heavy (non-hydrogen) atoms. The van der Waals surface area contributed by atoms with Gasteiger partial charge in [-0.2, -0.15) is 0 Å². The summed E-state index contributed by atoms with van der Waals surface area (Å²) in [5, 5.41) is 0. The van der Waals surface area contributed by atoms with Crippen molar-refractivity contribution >= 4 is 23.2 Å². The van der Waals surface area contributed by atoms with Crippen LogP contribution in [0.3, 0.4) is 0 Å². The van der Waals surface area contributed by atoms with E-state index in [0.29, 0.717) is 25.0 Å². The number of hydrogen-bond acceptors (Lipinski definition) is 5. The molecular weight excluding hydrogens is 294 g/mol. The summed E-state index contributed by atoms with van der Waals surface area (Å²) in [5.41, 5.74) is -0.391. The van der Waals surface area contributed by atoms with Crippen LogP contribution in [0.5, 0.6) is 0 Å². The van der Waals surface area contributed by atoms with E-state index in [1.54, 1.807) is 0 Å². The van der Waals surface area contributed by atoms with Gasteiger partial charge in [0, 0.05) is 12.1 Å². The summed E-state index contributed by atoms with van der Waals surface area (Å²) >= 11 is 0. The number of hydrogen-bond donors (Lipinski definition) is 0. The van der Waals surface area contributed by atoms with E-state index in [-0.39, 0.29) is 17.1 Å². The summed E-state index contributed by atoms with van der Waals surface area (Å²) in [6, 6.07) is 0. The van der Waals surface area contributed by atoms with Gasteiger partial charge in [-0.25, -0.2) is 0 Å². The number of carbonyl (C=O) groups is 3. The van der Waals surface area contributed by atoms with E-state index in [1.165, 1.54) is 7.11 Å². The van der Waals surface area contributed by atoms with Gasteiger partial charge in [0.1, 0.15) is 17.6 Å². The Balaban J connectivity index is 3.39. The SMILES string of the molecule is CCCC(=O)[C@@H]1C(=O)[C@H](C(=O)OC)C(C)(C)CC1=NC(C)(C)C. The highest BCUT2D eigenvalue weighted by Crippen LogP contribution is 2.41. The first kappa shape index (κ1) is 19.5. The molecule has 1 rings (SSSR count). The molecule has 0 N–H and O–H groups in total. The van der Waals surface area contributed by atoms with Crippen LogP contribution in [0.4, 0.5) is 0 Å². The maximum absolute atomic E-state index is 13.0. The Morgan fingerprint density at radius 3 is 2.30 bits per heavy atom. The summed E-state index contributed by atoms with van der Waals surface area (Å²) in [6.07, 6.45) is 1.42. The lowest BCUT2D eigenvalue weighted by Crippen LogP contribution is -2.52. The molecule has 0 aliphatic heterocycles. The molecular formula is C18H29NO4. The third kappa shape index (κ3) is 4.49. The molecule has 130 valence electrons. The van der Waals surface area contributed by atoms with Crippen molar-refractivity contribution in [1.29, 1.82) is 0 Å². The lowest BCUT2D eigenvalue weighted by atomic mass is 9.62. The van der Waals surface area contributed by atoms with Crippen molar-refractivity contribution < 1.29 is 19.1 Å². The molecule has 0 radical (unpaired) electrons. The highest BCUT2D eigenvalue weighted by atomic mass is 16.5. The fraction of sp³-hybridized carbons (Fsp3) is 0.778. The molecule has 5 nitrogen and oxygen atoms in total. The zero-order chi connectivity index (χ0) is 18.0. The Morgan fingerprint density at radius 1 is 1.30 bits per heavy atom. The van der Waals surface area contributed by atoms with Crippen LogP contribution in [0.1, 0.15) is 60.8 Å². The van der Waals surface area contributed by atoms with E-state index in [2.05, 4.69) is 4.99 Å². The maximum atomic E-state index is 13.0. The van der Waals surface area contributed by atoms with Crippen LogP contribution in [-0.2, 0) is 19.1 Å². The first-order valence-corrected chi connectivity index (χ1v) is 8.17. The second-order valence-corrected chi connectivity index (χ2v) is 7.95. The molecule has 1 aliphatic rings. The number of aliphatic imine (C=N–C) groups is 1. The van der Waals surface area contributed by atoms with Crippen LogP contribution >= 0.6 is 0 Å². The van der Waals surface area contributed by atoms with Gasteiger partial charge in [0.2, 0.25) is 0 Å². The van der Waals surface area contributed by atoms with Crippen LogP contribution < -0.4 is 0 Å². The standard InChI is InChI=1S/C18H29NO4/c1-8-9-12(20)13-11(19-17(2,3)4)10-18(5,6)14(15(13)21)16(22)23-7/h13-14H,8-10H2,1-7H3/t13-,14-/m1/s1. The van der Waals surface area contributed by atoms with Crippen LogP contribution in [0, 0.1) is 17.3 Å². The summed E-state index contributed by atoms with van der Waals surface area (Å²) in [7, 11) is 1.27. The summed E-state index contributed by atoms with van der Waals surface area (Å²) in [4.78, 5) is 42.2. The lowest BCUT2D eigenvalue weighted by molar-refractivity contribution is -0.156. The minimum absolute atomic E-state index is 0.148. The van der Waals surface area contributed by atoms with Crippen molar-refractivity contribution in [1.82, 2.24) is 0 Å². The van der Waals surface area contributed by atoms with Crippen LogP contribution in [0.15, 0.2) is 4.99 Å². The molecule has 5 heteroatoms. The molecule has 1 fully saturated rings. The van der Waals surface area contributed by atoms with Crippen LogP contribution in [-0.4, -0.2) is 35.9 Å². The molecule has 0 saturated heterocycles. The number of ketones is 2. The molecule has 0 aromatic carbocycles. The predicted molar refractivity (Wildman–Crippen MR) is 89.5 cm³/mol. The zero-order valence-electron chi connectivity index (χ0n) is 15.4. The van der Waals surface area contributed by atoms with Gasteiger partial charge in [0.25, 0.3) is 0 Å². The first-order chi connectivity index (χ1) is 10.4. The smallest absolute Gasteiger partial charge is 0.316 e. The summed E-state index contributed by atoms with van der Waals surface area (Å²) in [6.45, 7) is 11.4. The Bertz CT molecular complexity index is 526. The number of carbonyl (C=O) groups excluding carboxylic acids is 3. The highest BCUT2D eigenvalue weighted by molar-refractivity contribution is 6.26. The van der Waals surface area contributed by atoms with Gasteiger partial charge in [0.05, 0.1) is 12.6 Å². The van der Waals surface area contributed by atoms with Crippen molar-refractivity contribution in [3.8, 4) is 0 Å². The molecule has 0 spiro atoms. The van der Waals surface area contributed by atoms with Crippen molar-refractivity contribution in [2.24, 2.45) is 22.2 Å². The lowest BCUT2D eigenvalue weighted by Gasteiger charge is -2.40. The normalized spacial score (nSPS) is 26.2. The quantitative estimate of drug-likeness (QED) is 0.589. The Morgan fingerprint density at radius 2 is 1.87 bits per heavy atom. The Hall–Kier alpha value is -1.52. The molecule has 0 aromatic rings. The predicted octanol–water partition coefficient (Wildman–Crippen LogP) is 3.00. The fourth-order valence-electron chi connectivity index (χ4n) is 3.21. The van der Waals surface area contributed by atoms with E-state index in [4.69, 9.17) is 4.74 Å². The monoisotopic (exact) mass is 323 g/mol. The first-order valence-electron chi connectivity index (χ1n) is 8.17. The van der Waals surface area contributed by atoms with Crippen LogP contribution in [0.2, 0.25) is 0 Å². The fourth-order valence-corrected chi connectivity index (χ4v) is 3.21. The molecule has 0 amide bonds. The van der Waals surface area contributed by atoms with Gasteiger partial charge in [-0.3, -0.25) is 19.4 Å². The van der Waals surface area contributed by atoms with Gasteiger partial charge in [-0.15, -0.1) is 0 Å². The van der Waals surface area contributed by atoms with Crippen molar-refractivity contribution in [2.45, 2.75) is 66.3 Å². The van der Waals surface area contributed by atoms with E-state index in [9.17, 15) is 14.4 Å². The van der Waals surface area contributed by atoms with E-state index < -0.39 is 23.2 Å². The van der Waals surface area contributed by atoms with Gasteiger partial charge in [-0.1, -0.05) is 20.8 Å². The topological polar surface area (TPSA) is 72.8 Å². The van der Waals surface area contributed by atoms with E-state index in [1.807, 2.05) is 41.5 Å². The summed E-state index contributed by atoms with van der Waals surface area (Å²) < 4.78 is 4.81. The van der Waals surface area contributed by atoms with E-state index in [0.717, 1.165) is 0 Å². The zero-order valence-corrected chi connectivity index (χ0v) is 15.4. The Labute approximate surface area is 138 Å². The molecule has 2 atom stereocenters. The number of rotatable bonds is 4. The second kappa shape index (κ2) is 6.93.